The van der Waals surface area contributed by atoms with Crippen molar-refractivity contribution in [1.29, 1.82) is 0 Å². The minimum absolute atomic E-state index is 0.691. The van der Waals surface area contributed by atoms with Gasteiger partial charge in [0.05, 0.1) is 17.6 Å². The van der Waals surface area contributed by atoms with E-state index in [4.69, 9.17) is 4.98 Å². The van der Waals surface area contributed by atoms with E-state index < -0.39 is 0 Å². The summed E-state index contributed by atoms with van der Waals surface area (Å²) >= 11 is 0. The van der Waals surface area contributed by atoms with E-state index in [0.29, 0.717) is 6.42 Å². The number of hydrogen-bond donors (Lipinski definition) is 1. The van der Waals surface area contributed by atoms with Crippen molar-refractivity contribution in [2.75, 3.05) is 38.1 Å². The van der Waals surface area contributed by atoms with Gasteiger partial charge < -0.3 is 9.80 Å². The Morgan fingerprint density at radius 2 is 1.77 bits per heavy atom. The maximum absolute atomic E-state index is 4.81. The number of aromatic nitrogens is 5. The summed E-state index contributed by atoms with van der Waals surface area (Å²) in [5.41, 5.74) is 6.18. The molecule has 0 radical (unpaired) electrons. The first-order chi connectivity index (χ1) is 15.3. The third-order valence-corrected chi connectivity index (χ3v) is 5.74. The molecule has 1 aromatic carbocycles. The average molecular weight is 412 g/mol. The lowest BCUT2D eigenvalue weighted by molar-refractivity contribution is 0.313. The number of pyridine rings is 1. The van der Waals surface area contributed by atoms with E-state index in [1.807, 2.05) is 30.6 Å². The van der Waals surface area contributed by atoms with Gasteiger partial charge in [0.2, 0.25) is 0 Å². The highest BCUT2D eigenvalue weighted by atomic mass is 15.2. The number of piperazine rings is 1. The van der Waals surface area contributed by atoms with E-state index in [1.165, 1.54) is 11.3 Å². The fourth-order valence-electron chi connectivity index (χ4n) is 3.92. The van der Waals surface area contributed by atoms with E-state index in [1.54, 1.807) is 12.4 Å². The van der Waals surface area contributed by atoms with Crippen LogP contribution in [0.1, 0.15) is 11.4 Å². The Labute approximate surface area is 181 Å². The van der Waals surface area contributed by atoms with Crippen LogP contribution in [-0.2, 0) is 6.42 Å². The van der Waals surface area contributed by atoms with Gasteiger partial charge in [0.1, 0.15) is 5.82 Å². The molecule has 1 aliphatic rings. The lowest BCUT2D eigenvalue weighted by Crippen LogP contribution is -2.44. The molecule has 156 valence electrons. The SMILES string of the molecule is CN1CCN(c2ccc(Cc3nccc(-c4cn[nH]c4-c4cccnc4)n3)cc2)CC1. The molecule has 1 saturated heterocycles. The Balaban J connectivity index is 1.33. The molecule has 0 spiro atoms. The molecule has 0 unspecified atom stereocenters. The van der Waals surface area contributed by atoms with Gasteiger partial charge in [0.25, 0.3) is 0 Å². The van der Waals surface area contributed by atoms with Gasteiger partial charge in [-0.25, -0.2) is 9.97 Å². The number of anilines is 1. The number of nitrogens with one attached hydrogen (secondary N) is 1. The fraction of sp³-hybridized carbons (Fsp3) is 0.250. The van der Waals surface area contributed by atoms with E-state index in [-0.39, 0.29) is 0 Å². The molecule has 7 nitrogen and oxygen atoms in total. The molecule has 1 aliphatic heterocycles. The predicted octanol–water partition coefficient (Wildman–Crippen LogP) is 3.27. The minimum atomic E-state index is 0.691. The molecule has 4 heterocycles. The molecule has 0 atom stereocenters. The zero-order valence-corrected chi connectivity index (χ0v) is 17.6. The second kappa shape index (κ2) is 8.65. The van der Waals surface area contributed by atoms with Gasteiger partial charge in [-0.3, -0.25) is 10.1 Å². The Morgan fingerprint density at radius 1 is 0.935 bits per heavy atom. The van der Waals surface area contributed by atoms with Crippen LogP contribution >= 0.6 is 0 Å². The number of nitrogens with zero attached hydrogens (tertiary/aromatic N) is 6. The van der Waals surface area contributed by atoms with Gasteiger partial charge in [-0.1, -0.05) is 12.1 Å². The van der Waals surface area contributed by atoms with Crippen LogP contribution in [0.2, 0.25) is 0 Å². The van der Waals surface area contributed by atoms with Crippen molar-refractivity contribution in [3.63, 3.8) is 0 Å². The highest BCUT2D eigenvalue weighted by Crippen LogP contribution is 2.28. The van der Waals surface area contributed by atoms with Gasteiger partial charge >= 0.3 is 0 Å². The molecule has 3 aromatic heterocycles. The van der Waals surface area contributed by atoms with Gasteiger partial charge in [-0.15, -0.1) is 0 Å². The van der Waals surface area contributed by atoms with Gasteiger partial charge in [0, 0.05) is 68.0 Å². The van der Waals surface area contributed by atoms with Crippen molar-refractivity contribution < 1.29 is 0 Å². The lowest BCUT2D eigenvalue weighted by atomic mass is 10.1. The van der Waals surface area contributed by atoms with Gasteiger partial charge in [-0.05, 0) is 42.9 Å². The quantitative estimate of drug-likeness (QED) is 0.543. The number of rotatable bonds is 5. The largest absolute Gasteiger partial charge is 0.369 e. The van der Waals surface area contributed by atoms with Crippen molar-refractivity contribution in [3.8, 4) is 22.5 Å². The van der Waals surface area contributed by atoms with E-state index in [2.05, 4.69) is 61.3 Å². The Hall–Kier alpha value is -3.58. The number of likely N-dealkylation sites (N-methyl/N-ethyl adjacent to an activating group) is 1. The zero-order valence-electron chi connectivity index (χ0n) is 17.6. The predicted molar refractivity (Wildman–Crippen MR) is 122 cm³/mol. The third kappa shape index (κ3) is 4.32. The molecule has 1 fully saturated rings. The van der Waals surface area contributed by atoms with E-state index in [9.17, 15) is 0 Å². The van der Waals surface area contributed by atoms with Crippen molar-refractivity contribution in [3.05, 3.63) is 78.6 Å². The lowest BCUT2D eigenvalue weighted by Gasteiger charge is -2.34. The number of aromatic amines is 1. The summed E-state index contributed by atoms with van der Waals surface area (Å²) in [7, 11) is 2.18. The maximum Gasteiger partial charge on any atom is 0.133 e. The van der Waals surface area contributed by atoms with Crippen LogP contribution in [0.5, 0.6) is 0 Å². The monoisotopic (exact) mass is 411 g/mol. The first-order valence-electron chi connectivity index (χ1n) is 10.5. The maximum atomic E-state index is 4.81. The highest BCUT2D eigenvalue weighted by molar-refractivity contribution is 5.77. The summed E-state index contributed by atoms with van der Waals surface area (Å²) in [6, 6.07) is 14.6. The van der Waals surface area contributed by atoms with E-state index in [0.717, 1.165) is 54.5 Å². The van der Waals surface area contributed by atoms with Crippen LogP contribution in [0, 0.1) is 0 Å². The Kier molecular flexibility index (Phi) is 5.41. The van der Waals surface area contributed by atoms with Crippen molar-refractivity contribution in [2.45, 2.75) is 6.42 Å². The smallest absolute Gasteiger partial charge is 0.133 e. The van der Waals surface area contributed by atoms with Crippen LogP contribution < -0.4 is 4.90 Å². The van der Waals surface area contributed by atoms with Crippen LogP contribution in [0.4, 0.5) is 5.69 Å². The standard InChI is InChI=1S/C24H25N7/c1-30-11-13-31(14-12-30)20-6-4-18(5-7-20)15-23-26-10-8-22(28-23)21-17-27-29-24(21)19-3-2-9-25-16-19/h2-10,16-17H,11-15H2,1H3,(H,27,29). The molecular formula is C24H25N7. The van der Waals surface area contributed by atoms with Crippen LogP contribution in [-0.4, -0.2) is 63.3 Å². The van der Waals surface area contributed by atoms with Crippen molar-refractivity contribution >= 4 is 5.69 Å². The van der Waals surface area contributed by atoms with E-state index >= 15 is 0 Å². The first-order valence-corrected chi connectivity index (χ1v) is 10.5. The summed E-state index contributed by atoms with van der Waals surface area (Å²) in [4.78, 5) is 18.3. The average Bonchev–Trinajstić information content (AvgIpc) is 3.31. The third-order valence-electron chi connectivity index (χ3n) is 5.74. The van der Waals surface area contributed by atoms with Crippen LogP contribution in [0.3, 0.4) is 0 Å². The molecule has 0 aliphatic carbocycles. The van der Waals surface area contributed by atoms with Gasteiger partial charge in [0.15, 0.2) is 0 Å². The van der Waals surface area contributed by atoms with Crippen LogP contribution in [0.15, 0.2) is 67.3 Å². The molecule has 0 saturated carbocycles. The Morgan fingerprint density at radius 3 is 2.55 bits per heavy atom. The molecule has 0 bridgehead atoms. The summed E-state index contributed by atoms with van der Waals surface area (Å²) < 4.78 is 0. The molecule has 4 aromatic rings. The molecule has 5 rings (SSSR count). The fourth-order valence-corrected chi connectivity index (χ4v) is 3.92. The molecule has 1 N–H and O–H groups in total. The molecule has 0 amide bonds. The number of benzene rings is 1. The van der Waals surface area contributed by atoms with Gasteiger partial charge in [-0.2, -0.15) is 5.10 Å². The summed E-state index contributed by atoms with van der Waals surface area (Å²) in [6.07, 6.45) is 7.89. The van der Waals surface area contributed by atoms with Crippen LogP contribution in [0.25, 0.3) is 22.5 Å². The zero-order chi connectivity index (χ0) is 21.0. The molecule has 31 heavy (non-hydrogen) atoms. The first kappa shape index (κ1) is 19.4. The number of hydrogen-bond acceptors (Lipinski definition) is 6. The normalized spacial score (nSPS) is 14.7. The molecule has 7 heteroatoms. The summed E-state index contributed by atoms with van der Waals surface area (Å²) in [6.45, 7) is 4.37. The second-order valence-corrected chi connectivity index (χ2v) is 7.89. The summed E-state index contributed by atoms with van der Waals surface area (Å²) in [5, 5.41) is 7.30. The van der Waals surface area contributed by atoms with Crippen molar-refractivity contribution in [2.24, 2.45) is 0 Å². The molecular weight excluding hydrogens is 386 g/mol. The number of H-pyrrole nitrogens is 1. The minimum Gasteiger partial charge on any atom is -0.369 e. The summed E-state index contributed by atoms with van der Waals surface area (Å²) in [5.74, 6) is 0.795. The second-order valence-electron chi connectivity index (χ2n) is 7.89. The highest BCUT2D eigenvalue weighted by Gasteiger charge is 2.15. The van der Waals surface area contributed by atoms with Crippen molar-refractivity contribution in [1.82, 2.24) is 30.0 Å². The Bertz CT molecular complexity index is 1130. The topological polar surface area (TPSA) is 73.8 Å².